The maximum Gasteiger partial charge on any atom is 0.407 e. The lowest BCUT2D eigenvalue weighted by Gasteiger charge is -2.36. The Labute approximate surface area is 171 Å². The van der Waals surface area contributed by atoms with E-state index in [0.717, 1.165) is 49.2 Å². The molecule has 2 aromatic carbocycles. The largest absolute Gasteiger partial charge is 0.490 e. The Kier molecular flexibility index (Phi) is 6.32. The minimum Gasteiger partial charge on any atom is -0.490 e. The summed E-state index contributed by atoms with van der Waals surface area (Å²) in [6.45, 7) is 2.75. The van der Waals surface area contributed by atoms with Crippen molar-refractivity contribution in [3.05, 3.63) is 65.7 Å². The van der Waals surface area contributed by atoms with Gasteiger partial charge in [0.15, 0.2) is 0 Å². The van der Waals surface area contributed by atoms with Crippen LogP contribution in [0.2, 0.25) is 0 Å². The SMILES string of the molecule is O=C(N[C@H](CN1CCC1)[C@H](O)c1ccc(OC2CC2)cc1)OCc1ccccc1. The van der Waals surface area contributed by atoms with Crippen molar-refractivity contribution in [2.24, 2.45) is 0 Å². The maximum atomic E-state index is 12.3. The summed E-state index contributed by atoms with van der Waals surface area (Å²) in [5.74, 6) is 0.818. The maximum absolute atomic E-state index is 12.3. The molecule has 1 heterocycles. The Hall–Kier alpha value is -2.57. The lowest BCUT2D eigenvalue weighted by atomic mass is 10.0. The zero-order chi connectivity index (χ0) is 20.1. The normalized spacial score (nSPS) is 18.4. The third kappa shape index (κ3) is 5.71. The minimum absolute atomic E-state index is 0.201. The van der Waals surface area contributed by atoms with Gasteiger partial charge in [-0.3, -0.25) is 0 Å². The number of nitrogens with zero attached hydrogens (tertiary/aromatic N) is 1. The number of nitrogens with one attached hydrogen (secondary N) is 1. The lowest BCUT2D eigenvalue weighted by Crippen LogP contribution is -2.51. The molecule has 0 bridgehead atoms. The van der Waals surface area contributed by atoms with Crippen molar-refractivity contribution in [3.63, 3.8) is 0 Å². The summed E-state index contributed by atoms with van der Waals surface area (Å²) in [5, 5.41) is 13.8. The molecular formula is C23H28N2O4. The van der Waals surface area contributed by atoms with Gasteiger partial charge in [0.1, 0.15) is 18.5 Å². The molecule has 1 amide bonds. The fourth-order valence-corrected chi connectivity index (χ4v) is 3.34. The Morgan fingerprint density at radius 3 is 2.45 bits per heavy atom. The van der Waals surface area contributed by atoms with Gasteiger partial charge in [-0.15, -0.1) is 0 Å². The Morgan fingerprint density at radius 1 is 1.10 bits per heavy atom. The number of hydrogen-bond donors (Lipinski definition) is 2. The molecule has 2 atom stereocenters. The van der Waals surface area contributed by atoms with E-state index in [4.69, 9.17) is 9.47 Å². The Morgan fingerprint density at radius 2 is 1.83 bits per heavy atom. The summed E-state index contributed by atoms with van der Waals surface area (Å²) < 4.78 is 11.1. The van der Waals surface area contributed by atoms with Crippen molar-refractivity contribution in [2.45, 2.75) is 44.1 Å². The molecule has 1 aliphatic carbocycles. The highest BCUT2D eigenvalue weighted by molar-refractivity contribution is 5.67. The van der Waals surface area contributed by atoms with Crippen LogP contribution in [-0.2, 0) is 11.3 Å². The Balaban J connectivity index is 1.36. The molecule has 2 aliphatic rings. The first-order chi connectivity index (χ1) is 14.2. The Bertz CT molecular complexity index is 788. The van der Waals surface area contributed by atoms with Gasteiger partial charge in [0, 0.05) is 6.54 Å². The van der Waals surface area contributed by atoms with Crippen LogP contribution in [0.4, 0.5) is 4.79 Å². The molecule has 4 rings (SSSR count). The number of hydrogen-bond acceptors (Lipinski definition) is 5. The summed E-state index contributed by atoms with van der Waals surface area (Å²) in [6.07, 6.45) is 2.36. The zero-order valence-corrected chi connectivity index (χ0v) is 16.5. The second-order valence-electron chi connectivity index (χ2n) is 7.80. The first kappa shape index (κ1) is 19.7. The van der Waals surface area contributed by atoms with Gasteiger partial charge in [-0.05, 0) is 55.6 Å². The van der Waals surface area contributed by atoms with E-state index < -0.39 is 18.2 Å². The molecule has 29 heavy (non-hydrogen) atoms. The summed E-state index contributed by atoms with van der Waals surface area (Å²) in [7, 11) is 0. The topological polar surface area (TPSA) is 71.0 Å². The minimum atomic E-state index is -0.824. The van der Waals surface area contributed by atoms with Crippen LogP contribution in [0.1, 0.15) is 36.5 Å². The summed E-state index contributed by atoms with van der Waals surface area (Å²) >= 11 is 0. The van der Waals surface area contributed by atoms with E-state index in [1.807, 2.05) is 54.6 Å². The highest BCUT2D eigenvalue weighted by Gasteiger charge is 2.28. The van der Waals surface area contributed by atoms with Gasteiger partial charge in [0.05, 0.1) is 12.1 Å². The molecule has 1 aliphatic heterocycles. The van der Waals surface area contributed by atoms with Gasteiger partial charge in [-0.1, -0.05) is 42.5 Å². The number of ether oxygens (including phenoxy) is 2. The van der Waals surface area contributed by atoms with E-state index in [0.29, 0.717) is 12.6 Å². The number of alkyl carbamates (subject to hydrolysis) is 1. The summed E-state index contributed by atoms with van der Waals surface area (Å²) in [6, 6.07) is 16.6. The number of amides is 1. The first-order valence-electron chi connectivity index (χ1n) is 10.3. The van der Waals surface area contributed by atoms with E-state index >= 15 is 0 Å². The summed E-state index contributed by atoms with van der Waals surface area (Å²) in [4.78, 5) is 14.6. The van der Waals surface area contributed by atoms with Crippen LogP contribution in [0, 0.1) is 0 Å². The number of carbonyl (C=O) groups excluding carboxylic acids is 1. The van der Waals surface area contributed by atoms with E-state index in [1.165, 1.54) is 0 Å². The van der Waals surface area contributed by atoms with Gasteiger partial charge < -0.3 is 24.8 Å². The van der Waals surface area contributed by atoms with Crippen LogP contribution < -0.4 is 10.1 Å². The van der Waals surface area contributed by atoms with Crippen LogP contribution in [-0.4, -0.2) is 47.9 Å². The number of likely N-dealkylation sites (tertiary alicyclic amines) is 1. The molecule has 2 N–H and O–H groups in total. The number of rotatable bonds is 9. The van der Waals surface area contributed by atoms with Gasteiger partial charge in [0.2, 0.25) is 0 Å². The number of benzene rings is 2. The van der Waals surface area contributed by atoms with Gasteiger partial charge in [-0.25, -0.2) is 4.79 Å². The van der Waals surface area contributed by atoms with Crippen molar-refractivity contribution in [3.8, 4) is 5.75 Å². The van der Waals surface area contributed by atoms with Crippen LogP contribution >= 0.6 is 0 Å². The molecule has 2 aromatic rings. The second kappa shape index (κ2) is 9.29. The predicted octanol–water partition coefficient (Wildman–Crippen LogP) is 3.26. The molecule has 6 heteroatoms. The summed E-state index contributed by atoms with van der Waals surface area (Å²) in [5.41, 5.74) is 1.68. The first-order valence-corrected chi connectivity index (χ1v) is 10.3. The average Bonchev–Trinajstić information content (AvgIpc) is 3.53. The zero-order valence-electron chi connectivity index (χ0n) is 16.5. The fourth-order valence-electron chi connectivity index (χ4n) is 3.34. The molecule has 1 saturated heterocycles. The molecule has 0 radical (unpaired) electrons. The standard InChI is InChI=1S/C23H28N2O4/c26-22(18-7-9-19(10-8-18)29-20-11-12-20)21(15-25-13-4-14-25)24-23(27)28-16-17-5-2-1-3-6-17/h1-3,5-10,20-22,26H,4,11-16H2,(H,24,27)/t21-,22-/m1/s1. The number of aliphatic hydroxyl groups excluding tert-OH is 1. The molecule has 6 nitrogen and oxygen atoms in total. The van der Waals surface area contributed by atoms with E-state index in [-0.39, 0.29) is 6.61 Å². The van der Waals surface area contributed by atoms with E-state index in [2.05, 4.69) is 10.2 Å². The van der Waals surface area contributed by atoms with Crippen LogP contribution in [0.3, 0.4) is 0 Å². The number of carbonyl (C=O) groups is 1. The van der Waals surface area contributed by atoms with E-state index in [9.17, 15) is 9.90 Å². The fraction of sp³-hybridized carbons (Fsp3) is 0.435. The molecule has 0 spiro atoms. The van der Waals surface area contributed by atoms with Crippen molar-refractivity contribution in [1.82, 2.24) is 10.2 Å². The predicted molar refractivity (Wildman–Crippen MR) is 110 cm³/mol. The smallest absolute Gasteiger partial charge is 0.407 e. The van der Waals surface area contributed by atoms with E-state index in [1.54, 1.807) is 0 Å². The highest BCUT2D eigenvalue weighted by Crippen LogP contribution is 2.28. The van der Waals surface area contributed by atoms with Crippen molar-refractivity contribution < 1.29 is 19.4 Å². The molecule has 154 valence electrons. The van der Waals surface area contributed by atoms with Gasteiger partial charge >= 0.3 is 6.09 Å². The molecule has 2 fully saturated rings. The molecular weight excluding hydrogens is 368 g/mol. The average molecular weight is 396 g/mol. The molecule has 1 saturated carbocycles. The third-order valence-corrected chi connectivity index (χ3v) is 5.35. The van der Waals surface area contributed by atoms with Crippen molar-refractivity contribution in [1.29, 1.82) is 0 Å². The monoisotopic (exact) mass is 396 g/mol. The molecule has 0 aromatic heterocycles. The van der Waals surface area contributed by atoms with Crippen LogP contribution in [0.25, 0.3) is 0 Å². The van der Waals surface area contributed by atoms with Gasteiger partial charge in [0.25, 0.3) is 0 Å². The van der Waals surface area contributed by atoms with Crippen LogP contribution in [0.5, 0.6) is 5.75 Å². The molecule has 0 unspecified atom stereocenters. The number of aliphatic hydroxyl groups is 1. The highest BCUT2D eigenvalue weighted by atomic mass is 16.5. The van der Waals surface area contributed by atoms with Gasteiger partial charge in [-0.2, -0.15) is 0 Å². The second-order valence-corrected chi connectivity index (χ2v) is 7.80. The van der Waals surface area contributed by atoms with Crippen molar-refractivity contribution >= 4 is 6.09 Å². The van der Waals surface area contributed by atoms with Crippen LogP contribution in [0.15, 0.2) is 54.6 Å². The van der Waals surface area contributed by atoms with Crippen molar-refractivity contribution in [2.75, 3.05) is 19.6 Å². The third-order valence-electron chi connectivity index (χ3n) is 5.35. The quantitative estimate of drug-likeness (QED) is 0.681. The lowest BCUT2D eigenvalue weighted by molar-refractivity contribution is 0.0696.